The molecule has 0 aliphatic carbocycles. The van der Waals surface area contributed by atoms with Gasteiger partial charge in [0.05, 0.1) is 0 Å². The Morgan fingerprint density at radius 3 is 2.39 bits per heavy atom. The van der Waals surface area contributed by atoms with Crippen LogP contribution in [-0.4, -0.2) is 5.78 Å². The van der Waals surface area contributed by atoms with Crippen molar-refractivity contribution in [1.29, 1.82) is 0 Å². The van der Waals surface area contributed by atoms with Gasteiger partial charge in [-0.05, 0) is 44.5 Å². The molecule has 0 unspecified atom stereocenters. The van der Waals surface area contributed by atoms with Crippen LogP contribution in [0.4, 0.5) is 0 Å². The minimum Gasteiger partial charge on any atom is -0.294 e. The Labute approximate surface area is 147 Å². The lowest BCUT2D eigenvalue weighted by Gasteiger charge is -2.12. The highest BCUT2D eigenvalue weighted by molar-refractivity contribution is 7.99. The Morgan fingerprint density at radius 1 is 1.09 bits per heavy atom. The highest BCUT2D eigenvalue weighted by Crippen LogP contribution is 2.37. The van der Waals surface area contributed by atoms with E-state index in [9.17, 15) is 4.79 Å². The predicted octanol–water partition coefficient (Wildman–Crippen LogP) is 6.73. The van der Waals surface area contributed by atoms with Gasteiger partial charge in [0.25, 0.3) is 0 Å². The van der Waals surface area contributed by atoms with E-state index in [-0.39, 0.29) is 5.78 Å². The number of benzene rings is 2. The maximum Gasteiger partial charge on any atom is 0.162 e. The van der Waals surface area contributed by atoms with Gasteiger partial charge >= 0.3 is 0 Å². The van der Waals surface area contributed by atoms with Crippen molar-refractivity contribution in [3.8, 4) is 0 Å². The van der Waals surface area contributed by atoms with Gasteiger partial charge in [0, 0.05) is 32.4 Å². The van der Waals surface area contributed by atoms with Gasteiger partial charge < -0.3 is 0 Å². The molecule has 0 atom stereocenters. The van der Waals surface area contributed by atoms with Crippen molar-refractivity contribution in [2.75, 3.05) is 0 Å². The van der Waals surface area contributed by atoms with E-state index in [0.29, 0.717) is 6.42 Å². The highest BCUT2D eigenvalue weighted by Gasteiger charge is 2.11. The molecule has 0 heterocycles. The second-order valence-electron chi connectivity index (χ2n) is 5.67. The Bertz CT molecular complexity index is 758. The zero-order chi connectivity index (χ0) is 17.0. The van der Waals surface area contributed by atoms with Gasteiger partial charge in [0.2, 0.25) is 0 Å². The summed E-state index contributed by atoms with van der Waals surface area (Å²) in [6.45, 7) is 7.96. The molecule has 2 aromatic rings. The molecule has 1 nitrogen and oxygen atoms in total. The number of halogens is 1. The number of carbonyl (C=O) groups is 1. The number of rotatable bonds is 5. The van der Waals surface area contributed by atoms with E-state index >= 15 is 0 Å². The average molecular weight is 345 g/mol. The highest BCUT2D eigenvalue weighted by atomic mass is 35.5. The van der Waals surface area contributed by atoms with Crippen molar-refractivity contribution in [3.63, 3.8) is 0 Å². The van der Waals surface area contributed by atoms with Crippen molar-refractivity contribution < 1.29 is 4.79 Å². The van der Waals surface area contributed by atoms with E-state index < -0.39 is 0 Å². The molecule has 0 aliphatic heterocycles. The first-order valence-electron chi connectivity index (χ1n) is 7.68. The monoisotopic (exact) mass is 344 g/mol. The van der Waals surface area contributed by atoms with Crippen molar-refractivity contribution >= 4 is 34.2 Å². The van der Waals surface area contributed by atoms with Crippen molar-refractivity contribution in [2.24, 2.45) is 0 Å². The SMILES string of the molecule is CCC(=O)c1ccc(Sc2ccccc2C(Cl)=C(C)C)c(C)c1. The Morgan fingerprint density at radius 2 is 1.78 bits per heavy atom. The molecule has 0 N–H and O–H groups in total. The number of carbonyl (C=O) groups excluding carboxylic acids is 1. The molecule has 0 saturated heterocycles. The van der Waals surface area contributed by atoms with Gasteiger partial charge in [0.15, 0.2) is 5.78 Å². The normalized spacial score (nSPS) is 10.5. The van der Waals surface area contributed by atoms with Gasteiger partial charge in [-0.1, -0.05) is 60.1 Å². The molecule has 2 aromatic carbocycles. The zero-order valence-electron chi connectivity index (χ0n) is 13.9. The molecular formula is C20H21ClOS. The maximum absolute atomic E-state index is 11.8. The first kappa shape index (κ1) is 17.8. The number of hydrogen-bond donors (Lipinski definition) is 0. The standard InChI is InChI=1S/C20H21ClOS/c1-5-17(22)15-10-11-18(14(4)12-15)23-19-9-7-6-8-16(19)20(21)13(2)3/h6-12H,5H2,1-4H3. The van der Waals surface area contributed by atoms with Crippen molar-refractivity contribution in [2.45, 2.75) is 43.9 Å². The molecule has 0 amide bonds. The average Bonchev–Trinajstić information content (AvgIpc) is 2.55. The summed E-state index contributed by atoms with van der Waals surface area (Å²) < 4.78 is 0. The van der Waals surface area contributed by atoms with Crippen molar-refractivity contribution in [3.05, 3.63) is 64.7 Å². The molecule has 0 fully saturated rings. The fourth-order valence-electron chi connectivity index (χ4n) is 2.27. The van der Waals surface area contributed by atoms with E-state index in [1.807, 2.05) is 64.1 Å². The number of aryl methyl sites for hydroxylation is 1. The number of Topliss-reactive ketones (excluding diaryl/α,β-unsaturated/α-hetero) is 1. The van der Waals surface area contributed by atoms with Gasteiger partial charge in [-0.3, -0.25) is 4.79 Å². The molecule has 0 bridgehead atoms. The molecule has 0 saturated carbocycles. The minimum absolute atomic E-state index is 0.178. The lowest BCUT2D eigenvalue weighted by molar-refractivity contribution is 0.0988. The van der Waals surface area contributed by atoms with Crippen LogP contribution in [0.5, 0.6) is 0 Å². The second-order valence-corrected chi connectivity index (χ2v) is 7.13. The van der Waals surface area contributed by atoms with Crippen LogP contribution < -0.4 is 0 Å². The van der Waals surface area contributed by atoms with Crippen LogP contribution in [0.25, 0.3) is 5.03 Å². The van der Waals surface area contributed by atoms with E-state index in [1.165, 1.54) is 0 Å². The third-order valence-corrected chi connectivity index (χ3v) is 5.44. The summed E-state index contributed by atoms with van der Waals surface area (Å²) in [4.78, 5) is 14.1. The third kappa shape index (κ3) is 4.27. The molecule has 0 aromatic heterocycles. The lowest BCUT2D eigenvalue weighted by Crippen LogP contribution is -1.97. The summed E-state index contributed by atoms with van der Waals surface area (Å²) in [5.74, 6) is 0.178. The molecule has 120 valence electrons. The quantitative estimate of drug-likeness (QED) is 0.559. The number of hydrogen-bond acceptors (Lipinski definition) is 2. The molecule has 0 spiro atoms. The van der Waals surface area contributed by atoms with Crippen LogP contribution in [0, 0.1) is 6.92 Å². The van der Waals surface area contributed by atoms with Gasteiger partial charge in [-0.15, -0.1) is 0 Å². The summed E-state index contributed by atoms with van der Waals surface area (Å²) in [5, 5.41) is 0.795. The Hall–Kier alpha value is -1.51. The van der Waals surface area contributed by atoms with E-state index in [2.05, 4.69) is 6.07 Å². The summed E-state index contributed by atoms with van der Waals surface area (Å²) in [7, 11) is 0. The van der Waals surface area contributed by atoms with Crippen LogP contribution in [0.2, 0.25) is 0 Å². The van der Waals surface area contributed by atoms with E-state index in [1.54, 1.807) is 11.8 Å². The molecular weight excluding hydrogens is 324 g/mol. The fourth-order valence-corrected chi connectivity index (χ4v) is 3.51. The Kier molecular flexibility index (Phi) is 6.09. The van der Waals surface area contributed by atoms with Crippen LogP contribution in [0.1, 0.15) is 48.7 Å². The van der Waals surface area contributed by atoms with Crippen LogP contribution in [0.3, 0.4) is 0 Å². The molecule has 0 radical (unpaired) electrons. The summed E-state index contributed by atoms with van der Waals surface area (Å²) in [6.07, 6.45) is 0.533. The van der Waals surface area contributed by atoms with Gasteiger partial charge in [-0.25, -0.2) is 0 Å². The van der Waals surface area contributed by atoms with E-state index in [4.69, 9.17) is 11.6 Å². The number of allylic oxidation sites excluding steroid dienone is 1. The first-order valence-corrected chi connectivity index (χ1v) is 8.87. The molecule has 23 heavy (non-hydrogen) atoms. The molecule has 0 aliphatic rings. The fraction of sp³-hybridized carbons (Fsp3) is 0.250. The lowest BCUT2D eigenvalue weighted by atomic mass is 10.1. The third-order valence-electron chi connectivity index (χ3n) is 3.60. The predicted molar refractivity (Wildman–Crippen MR) is 100 cm³/mol. The smallest absolute Gasteiger partial charge is 0.162 e. The van der Waals surface area contributed by atoms with Crippen LogP contribution in [0.15, 0.2) is 57.8 Å². The number of ketones is 1. The summed E-state index contributed by atoms with van der Waals surface area (Å²) in [6, 6.07) is 14.0. The van der Waals surface area contributed by atoms with Gasteiger partial charge in [0.1, 0.15) is 0 Å². The molecule has 3 heteroatoms. The van der Waals surface area contributed by atoms with Crippen molar-refractivity contribution in [1.82, 2.24) is 0 Å². The topological polar surface area (TPSA) is 17.1 Å². The minimum atomic E-state index is 0.178. The zero-order valence-corrected chi connectivity index (χ0v) is 15.5. The second kappa shape index (κ2) is 7.85. The largest absolute Gasteiger partial charge is 0.294 e. The van der Waals surface area contributed by atoms with Gasteiger partial charge in [-0.2, -0.15) is 0 Å². The summed E-state index contributed by atoms with van der Waals surface area (Å²) >= 11 is 8.14. The molecule has 2 rings (SSSR count). The summed E-state index contributed by atoms with van der Waals surface area (Å²) in [5.41, 5.74) is 4.04. The first-order chi connectivity index (χ1) is 10.9. The maximum atomic E-state index is 11.8. The van der Waals surface area contributed by atoms with E-state index in [0.717, 1.165) is 37.1 Å². The van der Waals surface area contributed by atoms with Crippen LogP contribution in [-0.2, 0) is 0 Å². The Balaban J connectivity index is 2.37. The van der Waals surface area contributed by atoms with Crippen LogP contribution >= 0.6 is 23.4 Å².